The molecule has 4 N–H and O–H groups in total. The summed E-state index contributed by atoms with van der Waals surface area (Å²) in [6, 6.07) is 9.62. The number of rotatable bonds is 5. The Hall–Kier alpha value is -3.29. The number of aryl methyl sites for hydroxylation is 1. The van der Waals surface area contributed by atoms with Gasteiger partial charge < -0.3 is 21.1 Å². The van der Waals surface area contributed by atoms with Crippen molar-refractivity contribution in [3.8, 4) is 0 Å². The molecule has 1 aromatic carbocycles. The lowest BCUT2D eigenvalue weighted by atomic mass is 9.86. The van der Waals surface area contributed by atoms with E-state index in [9.17, 15) is 14.7 Å². The number of carboxylic acid groups (broad SMARTS) is 1. The van der Waals surface area contributed by atoms with Gasteiger partial charge in [0.1, 0.15) is 11.6 Å². The van der Waals surface area contributed by atoms with E-state index in [0.29, 0.717) is 23.7 Å². The zero-order chi connectivity index (χ0) is 23.8. The maximum atomic E-state index is 12.5. The number of carbonyl (C=O) groups is 2. The second-order valence-electron chi connectivity index (χ2n) is 9.99. The average Bonchev–Trinajstić information content (AvgIpc) is 3.09. The third-order valence-electron chi connectivity index (χ3n) is 6.37. The predicted octanol–water partition coefficient (Wildman–Crippen LogP) is 4.88. The molecule has 0 spiro atoms. The first-order chi connectivity index (χ1) is 15.6. The summed E-state index contributed by atoms with van der Waals surface area (Å²) in [4.78, 5) is 31.0. The predicted molar refractivity (Wildman–Crippen MR) is 129 cm³/mol. The molecule has 1 saturated carbocycles. The van der Waals surface area contributed by atoms with E-state index in [1.165, 1.54) is 0 Å². The van der Waals surface area contributed by atoms with Crippen molar-refractivity contribution in [2.75, 3.05) is 10.6 Å². The van der Waals surface area contributed by atoms with Crippen LogP contribution in [0.4, 0.5) is 22.1 Å². The highest BCUT2D eigenvalue weighted by molar-refractivity contribution is 6.03. The summed E-state index contributed by atoms with van der Waals surface area (Å²) >= 11 is 0. The number of nitrogens with zero attached hydrogens (tertiary/aromatic N) is 2. The zero-order valence-corrected chi connectivity index (χ0v) is 19.7. The molecule has 2 aliphatic rings. The molecule has 33 heavy (non-hydrogen) atoms. The molecule has 1 aromatic heterocycles. The van der Waals surface area contributed by atoms with Gasteiger partial charge >= 0.3 is 6.09 Å². The molecule has 1 fully saturated rings. The average molecular weight is 452 g/mol. The van der Waals surface area contributed by atoms with E-state index in [4.69, 9.17) is 4.98 Å². The van der Waals surface area contributed by atoms with Gasteiger partial charge in [-0.15, -0.1) is 0 Å². The van der Waals surface area contributed by atoms with Gasteiger partial charge in [-0.25, -0.2) is 9.78 Å². The monoisotopic (exact) mass is 451 g/mol. The molecule has 2 heterocycles. The smallest absolute Gasteiger partial charge is 0.408 e. The lowest BCUT2D eigenvalue weighted by Gasteiger charge is -2.45. The van der Waals surface area contributed by atoms with E-state index in [-0.39, 0.29) is 18.0 Å². The number of fused-ring (bicyclic) bond motifs is 1. The summed E-state index contributed by atoms with van der Waals surface area (Å²) in [5.41, 5.74) is 2.90. The number of aromatic nitrogens is 1. The molecule has 1 aliphatic carbocycles. The molecule has 8 heteroatoms. The molecule has 0 radical (unpaired) electrons. The largest absolute Gasteiger partial charge is 0.465 e. The minimum absolute atomic E-state index is 0.0588. The lowest BCUT2D eigenvalue weighted by molar-refractivity contribution is 0.0520. The molecule has 0 bridgehead atoms. The van der Waals surface area contributed by atoms with Crippen LogP contribution in [-0.2, 0) is 6.54 Å². The van der Waals surface area contributed by atoms with E-state index in [0.717, 1.165) is 42.5 Å². The Morgan fingerprint density at radius 1 is 1.21 bits per heavy atom. The molecular weight excluding hydrogens is 418 g/mol. The Kier molecular flexibility index (Phi) is 6.19. The lowest BCUT2D eigenvalue weighted by Crippen LogP contribution is -2.58. The Labute approximate surface area is 194 Å². The third-order valence-corrected chi connectivity index (χ3v) is 6.37. The van der Waals surface area contributed by atoms with Gasteiger partial charge in [0.15, 0.2) is 0 Å². The molecule has 0 unspecified atom stereocenters. The number of hydrogen-bond donors (Lipinski definition) is 4. The summed E-state index contributed by atoms with van der Waals surface area (Å²) in [5, 5.41) is 19.7. The first-order valence-corrected chi connectivity index (χ1v) is 11.6. The van der Waals surface area contributed by atoms with E-state index in [2.05, 4.69) is 16.0 Å². The van der Waals surface area contributed by atoms with Crippen molar-refractivity contribution in [2.45, 2.75) is 77.5 Å². The van der Waals surface area contributed by atoms with Gasteiger partial charge in [-0.05, 0) is 69.9 Å². The molecule has 0 saturated heterocycles. The second-order valence-corrected chi connectivity index (χ2v) is 9.99. The third kappa shape index (κ3) is 4.89. The van der Waals surface area contributed by atoms with Crippen molar-refractivity contribution >= 4 is 29.3 Å². The van der Waals surface area contributed by atoms with Crippen LogP contribution in [0.3, 0.4) is 0 Å². The van der Waals surface area contributed by atoms with Gasteiger partial charge in [0, 0.05) is 23.8 Å². The highest BCUT2D eigenvalue weighted by atomic mass is 16.4. The molecule has 4 rings (SSSR count). The maximum Gasteiger partial charge on any atom is 0.408 e. The Bertz CT molecular complexity index is 1060. The highest BCUT2D eigenvalue weighted by Gasteiger charge is 2.39. The van der Waals surface area contributed by atoms with Crippen molar-refractivity contribution in [1.29, 1.82) is 0 Å². The van der Waals surface area contributed by atoms with Gasteiger partial charge in [0.25, 0.3) is 5.91 Å². The summed E-state index contributed by atoms with van der Waals surface area (Å²) in [5.74, 6) is 1.02. The van der Waals surface area contributed by atoms with Gasteiger partial charge in [-0.1, -0.05) is 25.0 Å². The molecule has 2 aromatic rings. The molecule has 2 atom stereocenters. The van der Waals surface area contributed by atoms with Crippen molar-refractivity contribution in [2.24, 2.45) is 0 Å². The topological polar surface area (TPSA) is 107 Å². The van der Waals surface area contributed by atoms with Crippen LogP contribution < -0.4 is 16.0 Å². The van der Waals surface area contributed by atoms with Crippen LogP contribution >= 0.6 is 0 Å². The van der Waals surface area contributed by atoms with E-state index in [1.807, 2.05) is 58.0 Å². The van der Waals surface area contributed by atoms with Crippen molar-refractivity contribution in [1.82, 2.24) is 15.2 Å². The zero-order valence-electron chi connectivity index (χ0n) is 19.7. The fourth-order valence-electron chi connectivity index (χ4n) is 4.98. The number of carbonyl (C=O) groups excluding carboxylic acids is 1. The molecule has 2 amide bonds. The number of anilines is 3. The van der Waals surface area contributed by atoms with Crippen molar-refractivity contribution in [3.05, 3.63) is 47.0 Å². The number of pyridine rings is 1. The molecule has 176 valence electrons. The summed E-state index contributed by atoms with van der Waals surface area (Å²) in [6.45, 7) is 8.26. The van der Waals surface area contributed by atoms with Crippen LogP contribution in [0.2, 0.25) is 0 Å². The van der Waals surface area contributed by atoms with E-state index < -0.39 is 11.6 Å². The van der Waals surface area contributed by atoms with Crippen LogP contribution in [-0.4, -0.2) is 44.6 Å². The summed E-state index contributed by atoms with van der Waals surface area (Å²) in [7, 11) is 0. The normalized spacial score (nSPS) is 20.1. The number of benzene rings is 1. The molecular formula is C25H33N5O3. The van der Waals surface area contributed by atoms with E-state index >= 15 is 0 Å². The first-order valence-electron chi connectivity index (χ1n) is 11.6. The Balaban J connectivity index is 1.66. The van der Waals surface area contributed by atoms with Gasteiger partial charge in [0.05, 0.1) is 11.6 Å². The van der Waals surface area contributed by atoms with Crippen LogP contribution in [0.1, 0.15) is 67.9 Å². The van der Waals surface area contributed by atoms with Crippen molar-refractivity contribution < 1.29 is 14.7 Å². The highest BCUT2D eigenvalue weighted by Crippen LogP contribution is 2.33. The minimum Gasteiger partial charge on any atom is -0.465 e. The maximum absolute atomic E-state index is 12.5. The summed E-state index contributed by atoms with van der Waals surface area (Å²) in [6.07, 6.45) is 2.80. The van der Waals surface area contributed by atoms with Gasteiger partial charge in [0.2, 0.25) is 0 Å². The minimum atomic E-state index is -0.903. The Morgan fingerprint density at radius 2 is 1.97 bits per heavy atom. The fraction of sp³-hybridized carbons (Fsp3) is 0.480. The van der Waals surface area contributed by atoms with Crippen LogP contribution in [0, 0.1) is 6.92 Å². The molecule has 1 aliphatic heterocycles. The van der Waals surface area contributed by atoms with Crippen LogP contribution in [0.5, 0.6) is 0 Å². The van der Waals surface area contributed by atoms with E-state index in [1.54, 1.807) is 4.90 Å². The van der Waals surface area contributed by atoms with Crippen LogP contribution in [0.15, 0.2) is 30.3 Å². The fourth-order valence-corrected chi connectivity index (χ4v) is 4.98. The first kappa shape index (κ1) is 22.9. The summed E-state index contributed by atoms with van der Waals surface area (Å²) < 4.78 is 0. The van der Waals surface area contributed by atoms with Gasteiger partial charge in [-0.2, -0.15) is 0 Å². The SMILES string of the molecule is Cc1cccc(Nc2nc(N[C@@H]3CCCC[C@@H]3N(C(=O)O)C(C)(C)C)cc3c2C(=O)NC3)c1. The number of nitrogens with one attached hydrogen (secondary N) is 3. The Morgan fingerprint density at radius 3 is 2.67 bits per heavy atom. The standard InChI is InChI=1S/C25H33N5O3/c1-15-8-7-9-17(12-15)27-22-21-16(14-26-23(21)31)13-20(29-22)28-18-10-5-6-11-19(18)30(24(32)33)25(2,3)4/h7-9,12-13,18-19H,5-6,10-11,14H2,1-4H3,(H,26,31)(H,32,33)(H2,27,28,29)/t18-,19+/m1/s1. The second kappa shape index (κ2) is 8.92. The van der Waals surface area contributed by atoms with Crippen molar-refractivity contribution in [3.63, 3.8) is 0 Å². The number of amides is 2. The number of hydrogen-bond acceptors (Lipinski definition) is 5. The van der Waals surface area contributed by atoms with Crippen LogP contribution in [0.25, 0.3) is 0 Å². The van der Waals surface area contributed by atoms with Gasteiger partial charge in [-0.3, -0.25) is 9.69 Å². The molecule has 8 nitrogen and oxygen atoms in total. The quantitative estimate of drug-likeness (QED) is 0.516.